The molecule has 0 amide bonds. The van der Waals surface area contributed by atoms with Gasteiger partial charge >= 0.3 is 5.97 Å². The van der Waals surface area contributed by atoms with Crippen LogP contribution < -0.4 is 14.9 Å². The molecule has 7 nitrogen and oxygen atoms in total. The first-order valence-electron chi connectivity index (χ1n) is 9.03. The van der Waals surface area contributed by atoms with Gasteiger partial charge < -0.3 is 23.9 Å². The molecule has 0 bridgehead atoms. The molecule has 0 unspecified atom stereocenters. The molecular weight excluding hydrogens is 350 g/mol. The molecular formula is C20H23NO6. The highest BCUT2D eigenvalue weighted by Crippen LogP contribution is 2.37. The Morgan fingerprint density at radius 1 is 1.26 bits per heavy atom. The summed E-state index contributed by atoms with van der Waals surface area (Å²) in [6, 6.07) is 5.15. The predicted molar refractivity (Wildman–Crippen MR) is 100.0 cm³/mol. The molecule has 0 radical (unpaired) electrons. The highest BCUT2D eigenvalue weighted by atomic mass is 16.5. The van der Waals surface area contributed by atoms with Gasteiger partial charge in [-0.2, -0.15) is 0 Å². The van der Waals surface area contributed by atoms with Crippen molar-refractivity contribution in [1.82, 2.24) is 4.57 Å². The molecule has 27 heavy (non-hydrogen) atoms. The van der Waals surface area contributed by atoms with E-state index in [2.05, 4.69) is 0 Å². The van der Waals surface area contributed by atoms with Crippen molar-refractivity contribution in [2.75, 3.05) is 26.4 Å². The van der Waals surface area contributed by atoms with Crippen LogP contribution in [0, 0.1) is 0 Å². The van der Waals surface area contributed by atoms with Crippen LogP contribution in [0.5, 0.6) is 11.5 Å². The van der Waals surface area contributed by atoms with Crippen LogP contribution in [0.25, 0.3) is 11.3 Å². The number of aryl methyl sites for hydroxylation is 1. The highest BCUT2D eigenvalue weighted by Gasteiger charge is 2.21. The maximum absolute atomic E-state index is 12.2. The summed E-state index contributed by atoms with van der Waals surface area (Å²) >= 11 is 0. The van der Waals surface area contributed by atoms with Gasteiger partial charge in [0.05, 0.1) is 18.8 Å². The molecule has 1 N–H and O–H groups in total. The molecule has 144 valence electrons. The summed E-state index contributed by atoms with van der Waals surface area (Å²) in [7, 11) is 0. The van der Waals surface area contributed by atoms with Gasteiger partial charge in [-0.25, -0.2) is 4.79 Å². The van der Waals surface area contributed by atoms with Gasteiger partial charge in [0, 0.05) is 30.5 Å². The molecule has 1 aliphatic rings. The number of rotatable bonds is 7. The van der Waals surface area contributed by atoms with E-state index in [1.54, 1.807) is 4.57 Å². The van der Waals surface area contributed by atoms with Gasteiger partial charge in [0.15, 0.2) is 5.43 Å². The van der Waals surface area contributed by atoms with Crippen LogP contribution in [0.2, 0.25) is 0 Å². The third kappa shape index (κ3) is 3.98. The van der Waals surface area contributed by atoms with Crippen molar-refractivity contribution in [3.05, 3.63) is 45.7 Å². The topological polar surface area (TPSA) is 87.0 Å². The molecule has 2 aromatic rings. The zero-order valence-corrected chi connectivity index (χ0v) is 15.5. The van der Waals surface area contributed by atoms with E-state index in [4.69, 9.17) is 14.2 Å². The van der Waals surface area contributed by atoms with E-state index in [1.165, 1.54) is 12.3 Å². The maximum Gasteiger partial charge on any atom is 0.341 e. The van der Waals surface area contributed by atoms with Gasteiger partial charge in [-0.1, -0.05) is 6.92 Å². The average Bonchev–Trinajstić information content (AvgIpc) is 2.82. The Morgan fingerprint density at radius 3 is 2.78 bits per heavy atom. The predicted octanol–water partition coefficient (Wildman–Crippen LogP) is 2.58. The summed E-state index contributed by atoms with van der Waals surface area (Å²) in [5.41, 5.74) is 1.63. The lowest BCUT2D eigenvalue weighted by molar-refractivity contribution is 0.0694. The van der Waals surface area contributed by atoms with Gasteiger partial charge in [-0.05, 0) is 25.0 Å². The number of hydrogen-bond acceptors (Lipinski definition) is 5. The summed E-state index contributed by atoms with van der Waals surface area (Å²) in [4.78, 5) is 23.5. The minimum Gasteiger partial charge on any atom is -0.491 e. The van der Waals surface area contributed by atoms with Crippen LogP contribution in [0.4, 0.5) is 0 Å². The van der Waals surface area contributed by atoms with Crippen molar-refractivity contribution in [1.29, 1.82) is 0 Å². The molecule has 0 atom stereocenters. The summed E-state index contributed by atoms with van der Waals surface area (Å²) in [5, 5.41) is 9.20. The zero-order chi connectivity index (χ0) is 19.4. The Balaban J connectivity index is 2.03. The molecule has 0 saturated heterocycles. The summed E-state index contributed by atoms with van der Waals surface area (Å²) in [5.74, 6) is 0.120. The van der Waals surface area contributed by atoms with Gasteiger partial charge in [-0.15, -0.1) is 0 Å². The first-order chi connectivity index (χ1) is 13.0. The molecule has 0 saturated carbocycles. The second kappa shape index (κ2) is 8.26. The monoisotopic (exact) mass is 373 g/mol. The first-order valence-corrected chi connectivity index (χ1v) is 9.03. The lowest BCUT2D eigenvalue weighted by Gasteiger charge is -2.16. The van der Waals surface area contributed by atoms with Gasteiger partial charge in [0.25, 0.3) is 0 Å². The summed E-state index contributed by atoms with van der Waals surface area (Å²) < 4.78 is 18.8. The molecule has 0 spiro atoms. The Morgan fingerprint density at radius 2 is 2.07 bits per heavy atom. The smallest absolute Gasteiger partial charge is 0.341 e. The third-order valence-electron chi connectivity index (χ3n) is 4.46. The average molecular weight is 373 g/mol. The number of nitrogens with zero attached hydrogens (tertiary/aromatic N) is 1. The molecule has 2 heterocycles. The van der Waals surface area contributed by atoms with E-state index in [-0.39, 0.29) is 5.56 Å². The Hall–Kier alpha value is -2.80. The van der Waals surface area contributed by atoms with E-state index in [0.29, 0.717) is 44.4 Å². The van der Waals surface area contributed by atoms with Gasteiger partial charge in [0.2, 0.25) is 0 Å². The second-order valence-corrected chi connectivity index (χ2v) is 6.14. The normalized spacial score (nSPS) is 12.5. The second-order valence-electron chi connectivity index (χ2n) is 6.14. The Bertz CT molecular complexity index is 902. The van der Waals surface area contributed by atoms with E-state index in [9.17, 15) is 14.7 Å². The number of hydrogen-bond donors (Lipinski definition) is 1. The lowest BCUT2D eigenvalue weighted by Crippen LogP contribution is -2.19. The Kier molecular flexibility index (Phi) is 5.81. The number of aromatic nitrogens is 1. The zero-order valence-electron chi connectivity index (χ0n) is 15.5. The number of carboxylic acid groups (broad SMARTS) is 1. The van der Waals surface area contributed by atoms with Crippen LogP contribution in [-0.4, -0.2) is 42.1 Å². The fourth-order valence-electron chi connectivity index (χ4n) is 3.10. The fourth-order valence-corrected chi connectivity index (χ4v) is 3.10. The van der Waals surface area contributed by atoms with E-state index in [1.807, 2.05) is 26.0 Å². The number of carbonyl (C=O) groups is 1. The fraction of sp³-hybridized carbons (Fsp3) is 0.400. The van der Waals surface area contributed by atoms with Crippen LogP contribution in [0.1, 0.15) is 29.8 Å². The van der Waals surface area contributed by atoms with Crippen LogP contribution in [0.15, 0.2) is 29.2 Å². The van der Waals surface area contributed by atoms with Crippen molar-refractivity contribution >= 4 is 5.97 Å². The standard InChI is InChI=1S/C20H23NO6/c1-3-13-9-14-16-10-17(22)15(20(23)24)12-21(16)5-6-26-19(14)11-18(13)27-8-7-25-4-2/h9-12H,3-8H2,1-2H3,(H,23,24). The van der Waals surface area contributed by atoms with Crippen molar-refractivity contribution in [3.8, 4) is 22.8 Å². The lowest BCUT2D eigenvalue weighted by atomic mass is 10.0. The number of pyridine rings is 1. The number of fused-ring (bicyclic) bond motifs is 3. The van der Waals surface area contributed by atoms with Crippen LogP contribution >= 0.6 is 0 Å². The molecule has 1 aliphatic heterocycles. The van der Waals surface area contributed by atoms with E-state index in [0.717, 1.165) is 23.3 Å². The first kappa shape index (κ1) is 19.0. The van der Waals surface area contributed by atoms with Crippen molar-refractivity contribution in [2.24, 2.45) is 0 Å². The molecule has 0 fully saturated rings. The SMILES string of the molecule is CCOCCOc1cc2c(cc1CC)-c1cc(=O)c(C(=O)O)cn1CCO2. The molecule has 3 rings (SSSR count). The highest BCUT2D eigenvalue weighted by molar-refractivity contribution is 5.87. The largest absolute Gasteiger partial charge is 0.491 e. The van der Waals surface area contributed by atoms with Crippen molar-refractivity contribution < 1.29 is 24.1 Å². The molecule has 7 heteroatoms. The van der Waals surface area contributed by atoms with E-state index < -0.39 is 11.4 Å². The third-order valence-corrected chi connectivity index (χ3v) is 4.46. The molecule has 1 aromatic carbocycles. The summed E-state index contributed by atoms with van der Waals surface area (Å²) in [6.07, 6.45) is 2.13. The van der Waals surface area contributed by atoms with Crippen LogP contribution in [0.3, 0.4) is 0 Å². The summed E-state index contributed by atoms with van der Waals surface area (Å²) in [6.45, 7) is 6.36. The number of carboxylic acids is 1. The van der Waals surface area contributed by atoms with Gasteiger partial charge in [0.1, 0.15) is 30.3 Å². The van der Waals surface area contributed by atoms with Crippen molar-refractivity contribution in [3.63, 3.8) is 0 Å². The number of ether oxygens (including phenoxy) is 3. The van der Waals surface area contributed by atoms with Crippen molar-refractivity contribution in [2.45, 2.75) is 26.8 Å². The molecule has 0 aliphatic carbocycles. The van der Waals surface area contributed by atoms with E-state index >= 15 is 0 Å². The minimum atomic E-state index is -1.23. The Labute approximate surface area is 157 Å². The number of benzene rings is 1. The van der Waals surface area contributed by atoms with Crippen LogP contribution in [-0.2, 0) is 17.7 Å². The minimum absolute atomic E-state index is 0.242. The quantitative estimate of drug-likeness (QED) is 0.751. The molecule has 1 aromatic heterocycles. The number of aromatic carboxylic acids is 1. The van der Waals surface area contributed by atoms with Gasteiger partial charge in [-0.3, -0.25) is 4.79 Å². The maximum atomic E-state index is 12.2.